The first kappa shape index (κ1) is 17.0. The molecular formula is C14H14N4O4. The summed E-state index contributed by atoms with van der Waals surface area (Å²) < 4.78 is 0. The van der Waals surface area contributed by atoms with Crippen molar-refractivity contribution in [1.29, 1.82) is 0 Å². The number of benzene rings is 2. The van der Waals surface area contributed by atoms with E-state index in [0.717, 1.165) is 6.07 Å². The third-order valence-corrected chi connectivity index (χ3v) is 2.79. The van der Waals surface area contributed by atoms with Crippen LogP contribution in [0, 0.1) is 10.1 Å². The van der Waals surface area contributed by atoms with E-state index in [1.807, 2.05) is 0 Å². The summed E-state index contributed by atoms with van der Waals surface area (Å²) in [5, 5.41) is 10.7. The second kappa shape index (κ2) is 7.62. The Hall–Kier alpha value is -3.10. The molecule has 2 rings (SSSR count). The summed E-state index contributed by atoms with van der Waals surface area (Å²) in [6.07, 6.45) is 0.494. The quantitative estimate of drug-likeness (QED) is 0.190. The Labute approximate surface area is 125 Å². The fraction of sp³-hybridized carbons (Fsp3) is 0. The van der Waals surface area contributed by atoms with Crippen LogP contribution in [0.3, 0.4) is 0 Å². The molecule has 0 saturated carbocycles. The van der Waals surface area contributed by atoms with Crippen molar-refractivity contribution in [3.05, 3.63) is 69.3 Å². The number of non-ortho nitro benzene ring substituents is 1. The van der Waals surface area contributed by atoms with Crippen LogP contribution in [0.5, 0.6) is 0 Å². The molecule has 0 amide bonds. The minimum absolute atomic E-state index is 0.000952. The largest absolute Gasteiger partial charge is 0.399 e. The minimum Gasteiger partial charge on any atom is -0.399 e. The molecule has 2 aromatic carbocycles. The first-order valence-corrected chi connectivity index (χ1v) is 6.00. The van der Waals surface area contributed by atoms with E-state index in [9.17, 15) is 19.7 Å². The highest BCUT2D eigenvalue weighted by Crippen LogP contribution is 2.20. The number of anilines is 1. The predicted octanol–water partition coefficient (Wildman–Crippen LogP) is 1.04. The number of hydrogen-bond acceptors (Lipinski definition) is 7. The van der Waals surface area contributed by atoms with E-state index in [0.29, 0.717) is 17.5 Å². The van der Waals surface area contributed by atoms with Crippen molar-refractivity contribution in [2.45, 2.75) is 0 Å². The molecule has 0 fully saturated rings. The number of nitrogens with zero attached hydrogens (tertiary/aromatic N) is 1. The van der Waals surface area contributed by atoms with Crippen LogP contribution in [0.1, 0.15) is 26.3 Å². The summed E-state index contributed by atoms with van der Waals surface area (Å²) in [6.45, 7) is 0. The van der Waals surface area contributed by atoms with Crippen LogP contribution in [0.2, 0.25) is 0 Å². The molecule has 0 atom stereocenters. The number of nitro benzene ring substituents is 1. The lowest BCUT2D eigenvalue weighted by atomic mass is 9.98. The number of rotatable bonds is 4. The Balaban J connectivity index is 0.00000116. The molecule has 8 nitrogen and oxygen atoms in total. The van der Waals surface area contributed by atoms with Gasteiger partial charge in [-0.05, 0) is 30.3 Å². The number of carbonyl (C=O) groups excluding carboxylic acids is 2. The zero-order chi connectivity index (χ0) is 16.7. The van der Waals surface area contributed by atoms with E-state index in [4.69, 9.17) is 5.73 Å². The molecule has 6 N–H and O–H groups in total. The van der Waals surface area contributed by atoms with Crippen LogP contribution in [0.25, 0.3) is 0 Å². The van der Waals surface area contributed by atoms with Gasteiger partial charge in [0, 0.05) is 34.5 Å². The molecule has 0 heterocycles. The van der Waals surface area contributed by atoms with Crippen molar-refractivity contribution < 1.29 is 14.5 Å². The fourth-order valence-corrected chi connectivity index (χ4v) is 1.75. The summed E-state index contributed by atoms with van der Waals surface area (Å²) in [6, 6.07) is 9.65. The van der Waals surface area contributed by atoms with Crippen LogP contribution >= 0.6 is 0 Å². The molecule has 0 unspecified atom stereocenters. The Morgan fingerprint density at radius 1 is 1.09 bits per heavy atom. The Kier molecular flexibility index (Phi) is 5.87. The number of hydrazine groups is 1. The molecule has 22 heavy (non-hydrogen) atoms. The van der Waals surface area contributed by atoms with Crippen molar-refractivity contribution in [3.63, 3.8) is 0 Å². The molecule has 0 bridgehead atoms. The van der Waals surface area contributed by atoms with Gasteiger partial charge >= 0.3 is 0 Å². The third-order valence-electron chi connectivity index (χ3n) is 2.79. The fourth-order valence-electron chi connectivity index (χ4n) is 1.75. The molecule has 0 saturated heterocycles. The van der Waals surface area contributed by atoms with Gasteiger partial charge in [0.2, 0.25) is 0 Å². The van der Waals surface area contributed by atoms with Crippen LogP contribution in [-0.2, 0) is 0 Å². The van der Waals surface area contributed by atoms with Crippen LogP contribution < -0.4 is 17.4 Å². The van der Waals surface area contributed by atoms with E-state index in [-0.39, 0.29) is 16.8 Å². The van der Waals surface area contributed by atoms with Gasteiger partial charge in [0.1, 0.15) is 0 Å². The van der Waals surface area contributed by atoms with E-state index in [1.54, 1.807) is 12.1 Å². The molecule has 0 aromatic heterocycles. The first-order valence-electron chi connectivity index (χ1n) is 6.00. The second-order valence-electron chi connectivity index (χ2n) is 4.10. The summed E-state index contributed by atoms with van der Waals surface area (Å²) >= 11 is 0. The number of aldehydes is 1. The van der Waals surface area contributed by atoms with Gasteiger partial charge in [-0.15, -0.1) is 0 Å². The van der Waals surface area contributed by atoms with Crippen LogP contribution in [-0.4, -0.2) is 17.0 Å². The van der Waals surface area contributed by atoms with E-state index < -0.39 is 10.7 Å². The summed E-state index contributed by atoms with van der Waals surface area (Å²) in [5.41, 5.74) is 6.20. The van der Waals surface area contributed by atoms with Gasteiger partial charge in [-0.2, -0.15) is 0 Å². The van der Waals surface area contributed by atoms with E-state index in [2.05, 4.69) is 11.7 Å². The maximum atomic E-state index is 12.3. The normalized spacial score (nSPS) is 9.36. The Bertz CT molecular complexity index is 698. The number of ketones is 1. The lowest BCUT2D eigenvalue weighted by molar-refractivity contribution is -0.384. The zero-order valence-corrected chi connectivity index (χ0v) is 11.4. The molecule has 0 aliphatic rings. The molecule has 0 radical (unpaired) electrons. The van der Waals surface area contributed by atoms with Gasteiger partial charge in [0.15, 0.2) is 12.1 Å². The summed E-state index contributed by atoms with van der Waals surface area (Å²) in [7, 11) is 0. The Morgan fingerprint density at radius 2 is 1.68 bits per heavy atom. The SMILES string of the molecule is NN.Nc1ccc(C(=O)c2cc([N+](=O)[O-])ccc2C=O)cc1. The van der Waals surface area contributed by atoms with E-state index in [1.165, 1.54) is 24.3 Å². The van der Waals surface area contributed by atoms with Crippen LogP contribution in [0.15, 0.2) is 42.5 Å². The van der Waals surface area contributed by atoms with Crippen molar-refractivity contribution in [1.82, 2.24) is 0 Å². The third kappa shape index (κ3) is 3.72. The lowest BCUT2D eigenvalue weighted by Gasteiger charge is -2.04. The average Bonchev–Trinajstić information content (AvgIpc) is 2.56. The molecule has 0 aliphatic heterocycles. The molecule has 0 spiro atoms. The van der Waals surface area contributed by atoms with Crippen molar-refractivity contribution in [2.75, 3.05) is 5.73 Å². The van der Waals surface area contributed by atoms with E-state index >= 15 is 0 Å². The molecular weight excluding hydrogens is 288 g/mol. The molecule has 114 valence electrons. The summed E-state index contributed by atoms with van der Waals surface area (Å²) in [4.78, 5) is 33.4. The average molecular weight is 302 g/mol. The van der Waals surface area contributed by atoms with Gasteiger partial charge in [-0.3, -0.25) is 31.4 Å². The van der Waals surface area contributed by atoms with Crippen molar-refractivity contribution in [2.24, 2.45) is 11.7 Å². The summed E-state index contributed by atoms with van der Waals surface area (Å²) in [5.74, 6) is 7.54. The maximum Gasteiger partial charge on any atom is 0.270 e. The van der Waals surface area contributed by atoms with Gasteiger partial charge < -0.3 is 5.73 Å². The topological polar surface area (TPSA) is 155 Å². The molecule has 0 aliphatic carbocycles. The van der Waals surface area contributed by atoms with Gasteiger partial charge in [-0.25, -0.2) is 0 Å². The molecule has 8 heteroatoms. The smallest absolute Gasteiger partial charge is 0.270 e. The van der Waals surface area contributed by atoms with Crippen molar-refractivity contribution >= 4 is 23.4 Å². The number of nitro groups is 1. The maximum absolute atomic E-state index is 12.3. The van der Waals surface area contributed by atoms with Gasteiger partial charge in [-0.1, -0.05) is 0 Å². The monoisotopic (exact) mass is 302 g/mol. The zero-order valence-electron chi connectivity index (χ0n) is 11.4. The highest BCUT2D eigenvalue weighted by atomic mass is 16.6. The lowest BCUT2D eigenvalue weighted by Crippen LogP contribution is -2.06. The van der Waals surface area contributed by atoms with Gasteiger partial charge in [0.25, 0.3) is 5.69 Å². The highest BCUT2D eigenvalue weighted by Gasteiger charge is 2.17. The minimum atomic E-state index is -0.617. The molecule has 2 aromatic rings. The number of nitrogen functional groups attached to an aromatic ring is 1. The van der Waals surface area contributed by atoms with Crippen molar-refractivity contribution in [3.8, 4) is 0 Å². The Morgan fingerprint density at radius 3 is 2.18 bits per heavy atom. The number of nitrogens with two attached hydrogens (primary N) is 3. The highest BCUT2D eigenvalue weighted by molar-refractivity contribution is 6.13. The standard InChI is InChI=1S/C14H10N2O4.H4N2/c15-11-4-1-9(2-5-11)14(18)13-7-12(16(19)20)6-3-10(13)8-17;1-2/h1-8H,15H2;1-2H2. The van der Waals surface area contributed by atoms with Gasteiger partial charge in [0.05, 0.1) is 4.92 Å². The second-order valence-corrected chi connectivity index (χ2v) is 4.10. The number of carbonyl (C=O) groups is 2. The first-order chi connectivity index (χ1) is 10.5. The predicted molar refractivity (Wildman–Crippen MR) is 81.1 cm³/mol. The van der Waals surface area contributed by atoms with Crippen LogP contribution in [0.4, 0.5) is 11.4 Å². The number of hydrogen-bond donors (Lipinski definition) is 3.